The largest absolute Gasteiger partial charge is 0.390 e. The zero-order chi connectivity index (χ0) is 12.7. The zero-order valence-electron chi connectivity index (χ0n) is 10.5. The molecule has 0 radical (unpaired) electrons. The van der Waals surface area contributed by atoms with Crippen molar-refractivity contribution in [1.82, 2.24) is 10.2 Å². The van der Waals surface area contributed by atoms with E-state index in [-0.39, 0.29) is 18.5 Å². The van der Waals surface area contributed by atoms with Gasteiger partial charge in [0.1, 0.15) is 5.54 Å². The Morgan fingerprint density at radius 2 is 1.94 bits per heavy atom. The molecule has 5 heteroatoms. The molecule has 0 atom stereocenters. The molecular formula is C12H20N2O3. The second-order valence-corrected chi connectivity index (χ2v) is 5.74. The zero-order valence-corrected chi connectivity index (χ0v) is 10.5. The van der Waals surface area contributed by atoms with Gasteiger partial charge >= 0.3 is 6.03 Å². The average molecular weight is 240 g/mol. The van der Waals surface area contributed by atoms with Crippen LogP contribution < -0.4 is 5.32 Å². The lowest BCUT2D eigenvalue weighted by Gasteiger charge is -2.22. The monoisotopic (exact) mass is 240 g/mol. The van der Waals surface area contributed by atoms with E-state index in [2.05, 4.69) is 5.32 Å². The first-order chi connectivity index (χ1) is 7.84. The Hall–Kier alpha value is -1.10. The molecule has 0 aromatic heterocycles. The Labute approximate surface area is 101 Å². The summed E-state index contributed by atoms with van der Waals surface area (Å²) < 4.78 is 0. The van der Waals surface area contributed by atoms with Crippen molar-refractivity contribution >= 4 is 11.9 Å². The highest BCUT2D eigenvalue weighted by molar-refractivity contribution is 6.07. The first kappa shape index (κ1) is 12.4. The van der Waals surface area contributed by atoms with Crippen LogP contribution in [0.4, 0.5) is 4.79 Å². The summed E-state index contributed by atoms with van der Waals surface area (Å²) in [5, 5.41) is 12.5. The van der Waals surface area contributed by atoms with E-state index in [1.165, 1.54) is 4.90 Å². The van der Waals surface area contributed by atoms with Gasteiger partial charge in [0.25, 0.3) is 5.91 Å². The Morgan fingerprint density at radius 3 is 2.47 bits per heavy atom. The van der Waals surface area contributed by atoms with E-state index in [0.29, 0.717) is 6.42 Å². The molecule has 0 aromatic carbocycles. The summed E-state index contributed by atoms with van der Waals surface area (Å²) in [6.07, 6.45) is 3.88. The molecule has 1 aliphatic carbocycles. The van der Waals surface area contributed by atoms with Crippen LogP contribution in [-0.4, -0.2) is 39.6 Å². The summed E-state index contributed by atoms with van der Waals surface area (Å²) in [5.41, 5.74) is -1.48. The van der Waals surface area contributed by atoms with Crippen LogP contribution in [0.15, 0.2) is 0 Å². The molecule has 3 amide bonds. The predicted octanol–water partition coefficient (Wildman–Crippen LogP) is 1.01. The van der Waals surface area contributed by atoms with E-state index in [1.807, 2.05) is 0 Å². The van der Waals surface area contributed by atoms with Gasteiger partial charge in [0.05, 0.1) is 5.60 Å². The molecule has 5 nitrogen and oxygen atoms in total. The van der Waals surface area contributed by atoms with Crippen LogP contribution in [0, 0.1) is 0 Å². The average Bonchev–Trinajstić information content (AvgIpc) is 2.73. The number of rotatable bonds is 3. The quantitative estimate of drug-likeness (QED) is 0.723. The van der Waals surface area contributed by atoms with Gasteiger partial charge < -0.3 is 10.4 Å². The van der Waals surface area contributed by atoms with Gasteiger partial charge in [0.15, 0.2) is 0 Å². The third-order valence-electron chi connectivity index (χ3n) is 3.65. The van der Waals surface area contributed by atoms with Crippen molar-refractivity contribution in [3.63, 3.8) is 0 Å². The number of carbonyl (C=O) groups excluding carboxylic acids is 2. The Kier molecular flexibility index (Phi) is 2.89. The number of imide groups is 1. The lowest BCUT2D eigenvalue weighted by atomic mass is 9.97. The van der Waals surface area contributed by atoms with Crippen molar-refractivity contribution in [2.75, 3.05) is 6.54 Å². The van der Waals surface area contributed by atoms with Gasteiger partial charge in [-0.15, -0.1) is 0 Å². The van der Waals surface area contributed by atoms with Gasteiger partial charge in [-0.1, -0.05) is 12.8 Å². The summed E-state index contributed by atoms with van der Waals surface area (Å²) in [6, 6.07) is -0.304. The number of aliphatic hydroxyl groups is 1. The van der Waals surface area contributed by atoms with Gasteiger partial charge in [-0.05, 0) is 33.1 Å². The summed E-state index contributed by atoms with van der Waals surface area (Å²) in [5.74, 6) is -0.107. The maximum Gasteiger partial charge on any atom is 0.325 e. The SMILES string of the molecule is CC(C)(O)CCN1C(=O)NC2(CCCC2)C1=O. The molecule has 1 heterocycles. The molecule has 96 valence electrons. The van der Waals surface area contributed by atoms with E-state index >= 15 is 0 Å². The number of urea groups is 1. The molecule has 1 spiro atoms. The van der Waals surface area contributed by atoms with Gasteiger partial charge in [-0.3, -0.25) is 9.69 Å². The van der Waals surface area contributed by atoms with Gasteiger partial charge in [0, 0.05) is 6.54 Å². The molecule has 2 N–H and O–H groups in total. The summed E-state index contributed by atoms with van der Waals surface area (Å²) in [6.45, 7) is 3.64. The molecule has 1 aliphatic heterocycles. The molecule has 0 aromatic rings. The minimum atomic E-state index is -0.855. The molecular weight excluding hydrogens is 220 g/mol. The van der Waals surface area contributed by atoms with Crippen LogP contribution >= 0.6 is 0 Å². The van der Waals surface area contributed by atoms with Crippen LogP contribution in [-0.2, 0) is 4.79 Å². The Balaban J connectivity index is 2.04. The number of nitrogens with one attached hydrogen (secondary N) is 1. The van der Waals surface area contributed by atoms with E-state index in [1.54, 1.807) is 13.8 Å². The van der Waals surface area contributed by atoms with E-state index in [0.717, 1.165) is 25.7 Å². The summed E-state index contributed by atoms with van der Waals surface area (Å²) in [4.78, 5) is 25.2. The van der Waals surface area contributed by atoms with Crippen molar-refractivity contribution in [2.24, 2.45) is 0 Å². The van der Waals surface area contributed by atoms with Crippen LogP contribution in [0.2, 0.25) is 0 Å². The van der Waals surface area contributed by atoms with Gasteiger partial charge in [-0.25, -0.2) is 4.79 Å². The van der Waals surface area contributed by atoms with Gasteiger partial charge in [0.2, 0.25) is 0 Å². The molecule has 1 saturated heterocycles. The van der Waals surface area contributed by atoms with E-state index < -0.39 is 11.1 Å². The standard InChI is InChI=1S/C12H20N2O3/c1-11(2,17)7-8-14-9(15)12(13-10(14)16)5-3-4-6-12/h17H,3-8H2,1-2H3,(H,13,16). The summed E-state index contributed by atoms with van der Waals surface area (Å²) >= 11 is 0. The fourth-order valence-corrected chi connectivity index (χ4v) is 2.58. The first-order valence-electron chi connectivity index (χ1n) is 6.21. The minimum Gasteiger partial charge on any atom is -0.390 e. The molecule has 17 heavy (non-hydrogen) atoms. The second kappa shape index (κ2) is 3.98. The van der Waals surface area contributed by atoms with E-state index in [4.69, 9.17) is 0 Å². The van der Waals surface area contributed by atoms with Crippen LogP contribution in [0.5, 0.6) is 0 Å². The predicted molar refractivity (Wildman–Crippen MR) is 62.4 cm³/mol. The first-order valence-corrected chi connectivity index (χ1v) is 6.21. The topological polar surface area (TPSA) is 69.6 Å². The Bertz CT molecular complexity index is 340. The fraction of sp³-hybridized carbons (Fsp3) is 0.833. The van der Waals surface area contributed by atoms with Crippen molar-refractivity contribution in [3.05, 3.63) is 0 Å². The van der Waals surface area contributed by atoms with Crippen molar-refractivity contribution in [3.8, 4) is 0 Å². The highest BCUT2D eigenvalue weighted by Crippen LogP contribution is 2.35. The third kappa shape index (κ3) is 2.29. The highest BCUT2D eigenvalue weighted by atomic mass is 16.3. The molecule has 1 saturated carbocycles. The lowest BCUT2D eigenvalue weighted by molar-refractivity contribution is -0.131. The third-order valence-corrected chi connectivity index (χ3v) is 3.65. The lowest BCUT2D eigenvalue weighted by Crippen LogP contribution is -2.44. The molecule has 2 aliphatic rings. The second-order valence-electron chi connectivity index (χ2n) is 5.74. The molecule has 2 rings (SSSR count). The van der Waals surface area contributed by atoms with Gasteiger partial charge in [-0.2, -0.15) is 0 Å². The van der Waals surface area contributed by atoms with Crippen LogP contribution in [0.1, 0.15) is 46.0 Å². The smallest absolute Gasteiger partial charge is 0.325 e. The number of amides is 3. The molecule has 0 bridgehead atoms. The number of hydrogen-bond donors (Lipinski definition) is 2. The van der Waals surface area contributed by atoms with Crippen LogP contribution in [0.25, 0.3) is 0 Å². The number of nitrogens with zero attached hydrogens (tertiary/aromatic N) is 1. The van der Waals surface area contributed by atoms with E-state index in [9.17, 15) is 14.7 Å². The highest BCUT2D eigenvalue weighted by Gasteiger charge is 2.52. The summed E-state index contributed by atoms with van der Waals surface area (Å²) in [7, 11) is 0. The minimum absolute atomic E-state index is 0.107. The molecule has 0 unspecified atom stereocenters. The normalized spacial score (nSPS) is 23.6. The van der Waals surface area contributed by atoms with Crippen LogP contribution in [0.3, 0.4) is 0 Å². The molecule has 2 fully saturated rings. The number of hydrogen-bond acceptors (Lipinski definition) is 3. The van der Waals surface area contributed by atoms with Crippen molar-refractivity contribution in [1.29, 1.82) is 0 Å². The van der Waals surface area contributed by atoms with Crippen molar-refractivity contribution in [2.45, 2.75) is 57.1 Å². The fourth-order valence-electron chi connectivity index (χ4n) is 2.58. The van der Waals surface area contributed by atoms with Crippen molar-refractivity contribution < 1.29 is 14.7 Å². The maximum atomic E-state index is 12.2. The maximum absolute atomic E-state index is 12.2. The Morgan fingerprint density at radius 1 is 1.35 bits per heavy atom. The number of carbonyl (C=O) groups is 2.